The van der Waals surface area contributed by atoms with Gasteiger partial charge < -0.3 is 9.13 Å². The summed E-state index contributed by atoms with van der Waals surface area (Å²) in [7, 11) is 0. The minimum absolute atomic E-state index is 0.587. The summed E-state index contributed by atoms with van der Waals surface area (Å²) >= 11 is 0. The second kappa shape index (κ2) is 18.5. The maximum atomic E-state index is 8.47. The maximum Gasteiger partial charge on any atom is 0.188 e. The molecule has 0 bridgehead atoms. The smallest absolute Gasteiger partial charge is 0.188 e. The highest BCUT2D eigenvalue weighted by Crippen LogP contribution is 2.46. The van der Waals surface area contributed by atoms with Crippen LogP contribution in [0.25, 0.3) is 127 Å². The van der Waals surface area contributed by atoms with Crippen LogP contribution in [0.1, 0.15) is 33.4 Å². The lowest BCUT2D eigenvalue weighted by Gasteiger charge is -2.20. The van der Waals surface area contributed by atoms with Crippen molar-refractivity contribution in [2.75, 3.05) is 0 Å². The summed E-state index contributed by atoms with van der Waals surface area (Å²) < 4.78 is 4.89. The molecule has 0 spiro atoms. The molecule has 0 aliphatic rings. The quantitative estimate of drug-likeness (QED) is 0.135. The number of hydrogen-bond acceptors (Lipinski definition) is 0. The van der Waals surface area contributed by atoms with Gasteiger partial charge in [0.1, 0.15) is 0 Å². The van der Waals surface area contributed by atoms with Crippen molar-refractivity contribution in [1.82, 2.24) is 9.13 Å². The van der Waals surface area contributed by atoms with Gasteiger partial charge in [-0.15, -0.1) is 0 Å². The van der Waals surface area contributed by atoms with Crippen molar-refractivity contribution in [3.63, 3.8) is 0 Å². The number of benzene rings is 11. The molecule has 13 aromatic rings. The topological polar surface area (TPSA) is 14.2 Å². The van der Waals surface area contributed by atoms with E-state index in [4.69, 9.17) is 6.57 Å². The van der Waals surface area contributed by atoms with Crippen LogP contribution in [0.5, 0.6) is 0 Å². The summed E-state index contributed by atoms with van der Waals surface area (Å²) in [5.41, 5.74) is 28.4. The Bertz CT molecular complexity index is 4320. The lowest BCUT2D eigenvalue weighted by atomic mass is 9.91. The highest BCUT2D eigenvalue weighted by atomic mass is 15.0. The first-order chi connectivity index (χ1) is 37.1. The Balaban J connectivity index is 1.10. The molecule has 76 heavy (non-hydrogen) atoms. The van der Waals surface area contributed by atoms with E-state index < -0.39 is 0 Å². The third kappa shape index (κ3) is 7.81. The van der Waals surface area contributed by atoms with Gasteiger partial charge in [-0.1, -0.05) is 163 Å². The predicted octanol–water partition coefficient (Wildman–Crippen LogP) is 20.3. The van der Waals surface area contributed by atoms with Gasteiger partial charge in [-0.3, -0.25) is 0 Å². The SMILES string of the molecule is [C-]#[N+]c1ccc(-n2c3ccc(-c4ccccc4C)cc3c3cc(-c4ccccc4C)ccc32)c(-c2cc(-n3c4ccc(-c5ccccc5C)cc4c4cc(-c5ccccc5C)ccc43)ccc2-c2cc(C)cc(C)c2)c1. The van der Waals surface area contributed by atoms with Gasteiger partial charge in [0, 0.05) is 27.2 Å². The molecule has 2 heterocycles. The van der Waals surface area contributed by atoms with Crippen LogP contribution >= 0.6 is 0 Å². The third-order valence-electron chi connectivity index (χ3n) is 15.8. The zero-order valence-electron chi connectivity index (χ0n) is 43.7. The van der Waals surface area contributed by atoms with Gasteiger partial charge in [-0.2, -0.15) is 0 Å². The molecular weight excluding hydrogens is 919 g/mol. The van der Waals surface area contributed by atoms with Gasteiger partial charge >= 0.3 is 0 Å². The summed E-state index contributed by atoms with van der Waals surface area (Å²) in [6.07, 6.45) is 0. The number of aromatic nitrogens is 2. The zero-order valence-corrected chi connectivity index (χ0v) is 43.7. The molecule has 0 atom stereocenters. The van der Waals surface area contributed by atoms with E-state index in [1.807, 2.05) is 6.07 Å². The van der Waals surface area contributed by atoms with E-state index in [2.05, 4.69) is 274 Å². The Morgan fingerprint density at radius 3 is 1.08 bits per heavy atom. The average molecular weight is 974 g/mol. The molecule has 0 N–H and O–H groups in total. The van der Waals surface area contributed by atoms with E-state index in [9.17, 15) is 0 Å². The first-order valence-corrected chi connectivity index (χ1v) is 26.3. The van der Waals surface area contributed by atoms with Crippen molar-refractivity contribution in [1.29, 1.82) is 0 Å². The Labute approximate surface area is 445 Å². The summed E-state index contributed by atoms with van der Waals surface area (Å²) in [6.45, 7) is 21.6. The van der Waals surface area contributed by atoms with E-state index in [-0.39, 0.29) is 0 Å². The molecule has 0 amide bonds. The number of hydrogen-bond donors (Lipinski definition) is 0. The fraction of sp³-hybridized carbons (Fsp3) is 0.0822. The molecule has 11 aromatic carbocycles. The van der Waals surface area contributed by atoms with Gasteiger partial charge in [-0.25, -0.2) is 4.85 Å². The molecule has 362 valence electrons. The lowest BCUT2D eigenvalue weighted by Crippen LogP contribution is -2.00. The Kier molecular flexibility index (Phi) is 11.3. The molecule has 3 nitrogen and oxygen atoms in total. The van der Waals surface area contributed by atoms with Crippen molar-refractivity contribution in [3.8, 4) is 78.1 Å². The normalized spacial score (nSPS) is 11.5. The number of fused-ring (bicyclic) bond motifs is 6. The molecule has 2 aromatic heterocycles. The summed E-state index contributed by atoms with van der Waals surface area (Å²) in [6, 6.07) is 82.6. The Morgan fingerprint density at radius 2 is 0.684 bits per heavy atom. The monoisotopic (exact) mass is 973 g/mol. The molecule has 0 aliphatic carbocycles. The van der Waals surface area contributed by atoms with Crippen LogP contribution in [-0.4, -0.2) is 9.13 Å². The van der Waals surface area contributed by atoms with Crippen LogP contribution in [-0.2, 0) is 0 Å². The summed E-state index contributed by atoms with van der Waals surface area (Å²) in [4.78, 5) is 4.11. The molecule has 0 radical (unpaired) electrons. The largest absolute Gasteiger partial charge is 0.309 e. The standard InChI is InChI=1S/C73H55N3/c1-45-36-46(2)38-55(37-45)62-30-29-57(75-69-31-24-51(58-20-12-8-16-47(58)3)39-64(69)65-40-52(25-32-70(65)75)59-21-13-9-17-48(59)4)44-63(62)68-43-56(74-7)28-35-73(68)76-71-33-26-53(60-22-14-10-18-49(60)5)41-66(71)67-42-54(27-34-72(67)76)61-23-15-11-19-50(61)6/h8-44H,1-6H3. The molecule has 0 saturated carbocycles. The fourth-order valence-corrected chi connectivity index (χ4v) is 12.1. The van der Waals surface area contributed by atoms with Crippen LogP contribution in [0.3, 0.4) is 0 Å². The van der Waals surface area contributed by atoms with Crippen LogP contribution in [0.2, 0.25) is 0 Å². The highest BCUT2D eigenvalue weighted by molar-refractivity contribution is 6.14. The Hall–Kier alpha value is -9.49. The van der Waals surface area contributed by atoms with E-state index in [1.54, 1.807) is 0 Å². The van der Waals surface area contributed by atoms with Gasteiger partial charge in [0.2, 0.25) is 0 Å². The zero-order chi connectivity index (χ0) is 51.8. The molecule has 3 heteroatoms. The van der Waals surface area contributed by atoms with Crippen LogP contribution in [0.4, 0.5) is 5.69 Å². The van der Waals surface area contributed by atoms with Gasteiger partial charge in [0.15, 0.2) is 5.69 Å². The molecule has 13 rings (SSSR count). The molecule has 0 aliphatic heterocycles. The Morgan fingerprint density at radius 1 is 0.289 bits per heavy atom. The number of rotatable bonds is 8. The van der Waals surface area contributed by atoms with Crippen molar-refractivity contribution < 1.29 is 0 Å². The first kappa shape index (κ1) is 46.3. The van der Waals surface area contributed by atoms with Crippen molar-refractivity contribution in [2.45, 2.75) is 41.5 Å². The number of nitrogens with zero attached hydrogens (tertiary/aromatic N) is 3. The van der Waals surface area contributed by atoms with Gasteiger partial charge in [-0.05, 0) is 203 Å². The van der Waals surface area contributed by atoms with Crippen molar-refractivity contribution in [3.05, 3.63) is 269 Å². The highest BCUT2D eigenvalue weighted by Gasteiger charge is 2.23. The second-order valence-corrected chi connectivity index (χ2v) is 20.8. The summed E-state index contributed by atoms with van der Waals surface area (Å²) in [5.74, 6) is 0. The third-order valence-corrected chi connectivity index (χ3v) is 15.8. The average Bonchev–Trinajstić information content (AvgIpc) is 4.06. The molecule has 0 saturated heterocycles. The van der Waals surface area contributed by atoms with E-state index >= 15 is 0 Å². The fourth-order valence-electron chi connectivity index (χ4n) is 12.1. The summed E-state index contributed by atoms with van der Waals surface area (Å²) in [5, 5.41) is 4.75. The van der Waals surface area contributed by atoms with Crippen LogP contribution in [0, 0.1) is 48.1 Å². The lowest BCUT2D eigenvalue weighted by molar-refractivity contribution is 1.17. The van der Waals surface area contributed by atoms with Gasteiger partial charge in [0.25, 0.3) is 0 Å². The molecule has 0 fully saturated rings. The first-order valence-electron chi connectivity index (χ1n) is 26.3. The van der Waals surface area contributed by atoms with Crippen LogP contribution < -0.4 is 0 Å². The van der Waals surface area contributed by atoms with Crippen molar-refractivity contribution in [2.24, 2.45) is 0 Å². The van der Waals surface area contributed by atoms with Crippen molar-refractivity contribution >= 4 is 49.3 Å². The maximum absolute atomic E-state index is 8.47. The second-order valence-electron chi connectivity index (χ2n) is 20.8. The predicted molar refractivity (Wildman–Crippen MR) is 322 cm³/mol. The van der Waals surface area contributed by atoms with E-state index in [0.717, 1.165) is 55.7 Å². The molecule has 0 unspecified atom stereocenters. The molecular formula is C73H55N3. The minimum atomic E-state index is 0.587. The number of aryl methyl sites for hydroxylation is 6. The van der Waals surface area contributed by atoms with E-state index in [0.29, 0.717) is 5.69 Å². The minimum Gasteiger partial charge on any atom is -0.309 e. The van der Waals surface area contributed by atoms with E-state index in [1.165, 1.54) is 99.4 Å². The van der Waals surface area contributed by atoms with Crippen LogP contribution in [0.15, 0.2) is 224 Å². The van der Waals surface area contributed by atoms with Gasteiger partial charge in [0.05, 0.1) is 34.3 Å².